The molecule has 0 spiro atoms. The Morgan fingerprint density at radius 3 is 2.70 bits per heavy atom. The fourth-order valence-electron chi connectivity index (χ4n) is 3.82. The SMILES string of the molecule is Cc1ccc(C)c(OCC(=O)NCCCc2nc3ccccc3n2Cc2ccccc2Cl)c1. The van der Waals surface area contributed by atoms with E-state index < -0.39 is 0 Å². The van der Waals surface area contributed by atoms with E-state index in [1.807, 2.05) is 74.5 Å². The number of carbonyl (C=O) groups is 1. The molecule has 0 aliphatic carbocycles. The molecule has 0 unspecified atom stereocenters. The second-order valence-corrected chi connectivity index (χ2v) is 8.61. The molecule has 1 amide bonds. The van der Waals surface area contributed by atoms with Gasteiger partial charge in [0.05, 0.1) is 17.6 Å². The summed E-state index contributed by atoms with van der Waals surface area (Å²) >= 11 is 6.41. The van der Waals surface area contributed by atoms with E-state index in [2.05, 4.69) is 16.0 Å². The van der Waals surface area contributed by atoms with Crippen molar-refractivity contribution in [2.24, 2.45) is 0 Å². The van der Waals surface area contributed by atoms with Crippen LogP contribution in [-0.2, 0) is 17.8 Å². The highest BCUT2D eigenvalue weighted by atomic mass is 35.5. The molecular formula is C27H28ClN3O2. The lowest BCUT2D eigenvalue weighted by molar-refractivity contribution is -0.123. The minimum Gasteiger partial charge on any atom is -0.483 e. The molecule has 0 fully saturated rings. The van der Waals surface area contributed by atoms with Crippen molar-refractivity contribution >= 4 is 28.5 Å². The zero-order valence-electron chi connectivity index (χ0n) is 19.0. The minimum atomic E-state index is -0.125. The first-order valence-electron chi connectivity index (χ1n) is 11.2. The summed E-state index contributed by atoms with van der Waals surface area (Å²) in [6, 6.07) is 22.0. The standard InChI is InChI=1S/C27H28ClN3O2/c1-19-13-14-20(2)25(16-19)33-18-27(32)29-15-7-12-26-30-23-10-5-6-11-24(23)31(26)17-21-8-3-4-9-22(21)28/h3-6,8-11,13-14,16H,7,12,15,17-18H2,1-2H3,(H,29,32). The van der Waals surface area contributed by atoms with Crippen molar-refractivity contribution in [1.29, 1.82) is 0 Å². The third-order valence-electron chi connectivity index (χ3n) is 5.62. The maximum Gasteiger partial charge on any atom is 0.257 e. The van der Waals surface area contributed by atoms with E-state index >= 15 is 0 Å². The van der Waals surface area contributed by atoms with Gasteiger partial charge in [-0.3, -0.25) is 4.79 Å². The number of ether oxygens (including phenoxy) is 1. The zero-order valence-corrected chi connectivity index (χ0v) is 19.7. The Kier molecular flexibility index (Phi) is 7.30. The molecular weight excluding hydrogens is 434 g/mol. The largest absolute Gasteiger partial charge is 0.483 e. The third kappa shape index (κ3) is 5.74. The average molecular weight is 462 g/mol. The first-order chi connectivity index (χ1) is 16.0. The number of benzene rings is 3. The summed E-state index contributed by atoms with van der Waals surface area (Å²) in [6.45, 7) is 5.21. The van der Waals surface area contributed by atoms with Crippen molar-refractivity contribution in [2.45, 2.75) is 33.2 Å². The van der Waals surface area contributed by atoms with Gasteiger partial charge in [0.2, 0.25) is 0 Å². The lowest BCUT2D eigenvalue weighted by Crippen LogP contribution is -2.30. The number of aromatic nitrogens is 2. The summed E-state index contributed by atoms with van der Waals surface area (Å²) < 4.78 is 7.90. The van der Waals surface area contributed by atoms with Crippen LogP contribution in [0.15, 0.2) is 66.7 Å². The molecule has 3 aromatic carbocycles. The molecule has 1 aromatic heterocycles. The van der Waals surface area contributed by atoms with Crippen LogP contribution in [-0.4, -0.2) is 28.6 Å². The number of hydrogen-bond acceptors (Lipinski definition) is 3. The van der Waals surface area contributed by atoms with Crippen molar-refractivity contribution in [2.75, 3.05) is 13.2 Å². The predicted octanol–water partition coefficient (Wildman–Crippen LogP) is 5.48. The van der Waals surface area contributed by atoms with E-state index in [0.717, 1.165) is 57.2 Å². The monoisotopic (exact) mass is 461 g/mol. The molecule has 0 bridgehead atoms. The van der Waals surface area contributed by atoms with Crippen molar-refractivity contribution < 1.29 is 9.53 Å². The Hall–Kier alpha value is -3.31. The summed E-state index contributed by atoms with van der Waals surface area (Å²) in [5.41, 5.74) is 5.23. The fraction of sp³-hybridized carbons (Fsp3) is 0.259. The Labute approximate surface area is 199 Å². The number of halogens is 1. The van der Waals surface area contributed by atoms with Crippen LogP contribution >= 0.6 is 11.6 Å². The van der Waals surface area contributed by atoms with Crippen LogP contribution in [0.3, 0.4) is 0 Å². The molecule has 0 atom stereocenters. The Balaban J connectivity index is 1.35. The van der Waals surface area contributed by atoms with Crippen LogP contribution in [0.4, 0.5) is 0 Å². The molecule has 1 heterocycles. The molecule has 0 aliphatic rings. The molecule has 1 N–H and O–H groups in total. The van der Waals surface area contributed by atoms with E-state index in [-0.39, 0.29) is 12.5 Å². The third-order valence-corrected chi connectivity index (χ3v) is 5.99. The van der Waals surface area contributed by atoms with Crippen molar-refractivity contribution in [1.82, 2.24) is 14.9 Å². The normalized spacial score (nSPS) is 11.0. The van der Waals surface area contributed by atoms with Crippen molar-refractivity contribution in [3.8, 4) is 5.75 Å². The van der Waals surface area contributed by atoms with Gasteiger partial charge in [-0.25, -0.2) is 4.98 Å². The van der Waals surface area contributed by atoms with Gasteiger partial charge >= 0.3 is 0 Å². The smallest absolute Gasteiger partial charge is 0.257 e. The topological polar surface area (TPSA) is 56.1 Å². The van der Waals surface area contributed by atoms with Gasteiger partial charge in [0, 0.05) is 18.0 Å². The van der Waals surface area contributed by atoms with Crippen molar-refractivity contribution in [3.05, 3.63) is 94.3 Å². The highest BCUT2D eigenvalue weighted by Gasteiger charge is 2.12. The molecule has 4 rings (SSSR count). The molecule has 0 saturated heterocycles. The lowest BCUT2D eigenvalue weighted by atomic mass is 10.1. The first kappa shape index (κ1) is 22.9. The van der Waals surface area contributed by atoms with E-state index in [4.69, 9.17) is 21.3 Å². The number of aryl methyl sites for hydroxylation is 3. The van der Waals surface area contributed by atoms with Gasteiger partial charge in [0.1, 0.15) is 11.6 Å². The molecule has 0 aliphatic heterocycles. The molecule has 6 heteroatoms. The van der Waals surface area contributed by atoms with E-state index in [1.54, 1.807) is 0 Å². The Morgan fingerprint density at radius 2 is 1.85 bits per heavy atom. The molecule has 170 valence electrons. The number of fused-ring (bicyclic) bond motifs is 1. The summed E-state index contributed by atoms with van der Waals surface area (Å²) in [5.74, 6) is 1.61. The predicted molar refractivity (Wildman–Crippen MR) is 133 cm³/mol. The van der Waals surface area contributed by atoms with E-state index in [9.17, 15) is 4.79 Å². The molecule has 33 heavy (non-hydrogen) atoms. The number of nitrogens with one attached hydrogen (secondary N) is 1. The second-order valence-electron chi connectivity index (χ2n) is 8.21. The zero-order chi connectivity index (χ0) is 23.2. The maximum absolute atomic E-state index is 12.2. The maximum atomic E-state index is 12.2. The quantitative estimate of drug-likeness (QED) is 0.336. The summed E-state index contributed by atoms with van der Waals surface area (Å²) in [7, 11) is 0. The van der Waals surface area contributed by atoms with Gasteiger partial charge in [0.15, 0.2) is 6.61 Å². The van der Waals surface area contributed by atoms with E-state index in [0.29, 0.717) is 13.1 Å². The summed E-state index contributed by atoms with van der Waals surface area (Å²) in [5, 5.41) is 3.69. The molecule has 5 nitrogen and oxygen atoms in total. The summed E-state index contributed by atoms with van der Waals surface area (Å²) in [4.78, 5) is 17.1. The lowest BCUT2D eigenvalue weighted by Gasteiger charge is -2.12. The number of nitrogens with zero attached hydrogens (tertiary/aromatic N) is 2. The highest BCUT2D eigenvalue weighted by molar-refractivity contribution is 6.31. The van der Waals surface area contributed by atoms with Crippen LogP contribution in [0, 0.1) is 13.8 Å². The number of amides is 1. The summed E-state index contributed by atoms with van der Waals surface area (Å²) in [6.07, 6.45) is 1.53. The molecule has 4 aromatic rings. The van der Waals surface area contributed by atoms with Crippen LogP contribution in [0.1, 0.15) is 28.9 Å². The molecule has 0 saturated carbocycles. The van der Waals surface area contributed by atoms with Crippen LogP contribution in [0.2, 0.25) is 5.02 Å². The van der Waals surface area contributed by atoms with Gasteiger partial charge in [-0.2, -0.15) is 0 Å². The first-order valence-corrected chi connectivity index (χ1v) is 11.5. The van der Waals surface area contributed by atoms with Crippen LogP contribution in [0.5, 0.6) is 5.75 Å². The van der Waals surface area contributed by atoms with Gasteiger partial charge in [0.25, 0.3) is 5.91 Å². The van der Waals surface area contributed by atoms with Gasteiger partial charge in [-0.15, -0.1) is 0 Å². The van der Waals surface area contributed by atoms with Crippen LogP contribution < -0.4 is 10.1 Å². The van der Waals surface area contributed by atoms with Gasteiger partial charge in [-0.1, -0.05) is 54.1 Å². The van der Waals surface area contributed by atoms with Crippen LogP contribution in [0.25, 0.3) is 11.0 Å². The second kappa shape index (κ2) is 10.5. The number of rotatable bonds is 9. The minimum absolute atomic E-state index is 0.00924. The van der Waals surface area contributed by atoms with Gasteiger partial charge in [-0.05, 0) is 61.2 Å². The Morgan fingerprint density at radius 1 is 1.06 bits per heavy atom. The molecule has 0 radical (unpaired) electrons. The number of carbonyl (C=O) groups excluding carboxylic acids is 1. The van der Waals surface area contributed by atoms with E-state index in [1.165, 1.54) is 0 Å². The highest BCUT2D eigenvalue weighted by Crippen LogP contribution is 2.22. The Bertz CT molecular complexity index is 1270. The number of imidazole rings is 1. The number of para-hydroxylation sites is 2. The fourth-order valence-corrected chi connectivity index (χ4v) is 4.02. The van der Waals surface area contributed by atoms with Gasteiger partial charge < -0.3 is 14.6 Å². The average Bonchev–Trinajstić information content (AvgIpc) is 3.16. The number of hydrogen-bond donors (Lipinski definition) is 1. The van der Waals surface area contributed by atoms with Crippen molar-refractivity contribution in [3.63, 3.8) is 0 Å².